The molecular formula is C16H15FN6O4S. The first-order valence-electron chi connectivity index (χ1n) is 8.37. The number of benzene rings is 1. The Balaban J connectivity index is 1.71. The van der Waals surface area contributed by atoms with E-state index in [9.17, 15) is 18.3 Å². The topological polar surface area (TPSA) is 148 Å². The average molecular weight is 406 g/mol. The van der Waals surface area contributed by atoms with Crippen molar-refractivity contribution in [2.45, 2.75) is 19.3 Å². The van der Waals surface area contributed by atoms with Crippen LogP contribution in [0.4, 0.5) is 16.0 Å². The van der Waals surface area contributed by atoms with Gasteiger partial charge in [-0.15, -0.1) is 0 Å². The van der Waals surface area contributed by atoms with Gasteiger partial charge in [-0.2, -0.15) is 13.7 Å². The Kier molecular flexibility index (Phi) is 4.00. The van der Waals surface area contributed by atoms with E-state index in [4.69, 9.17) is 5.26 Å². The standard InChI is InChI=1S/C16H15FN6O4S/c17-12-13-9(5-10(24)14(12)23-7-11(25)22-28(23,26)27)6-19-15(21-13)20-8-16(1-2-16)3-4-18/h5-6,24H,1-3,7-8H2,(H,22,25)(H,19,20,21). The number of halogens is 1. The number of nitrogens with one attached hydrogen (secondary N) is 2. The molecule has 0 unspecified atom stereocenters. The van der Waals surface area contributed by atoms with Crippen LogP contribution in [0.2, 0.25) is 0 Å². The average Bonchev–Trinajstić information content (AvgIpc) is 3.33. The number of rotatable bonds is 5. The molecular weight excluding hydrogens is 391 g/mol. The SMILES string of the molecule is N#CCC1(CNc2ncc3cc(O)c(N4CC(=O)NS4(=O)=O)c(F)c3n2)CC1. The molecule has 1 aromatic heterocycles. The number of phenols is 1. The first kappa shape index (κ1) is 18.2. The van der Waals surface area contributed by atoms with E-state index in [1.807, 2.05) is 0 Å². The third-order valence-electron chi connectivity index (χ3n) is 4.87. The van der Waals surface area contributed by atoms with E-state index in [1.165, 1.54) is 6.20 Å². The van der Waals surface area contributed by atoms with Crippen LogP contribution in [0, 0.1) is 22.6 Å². The van der Waals surface area contributed by atoms with Crippen LogP contribution in [0.15, 0.2) is 12.3 Å². The molecule has 10 nitrogen and oxygen atoms in total. The van der Waals surface area contributed by atoms with Crippen LogP contribution in [0.25, 0.3) is 10.9 Å². The van der Waals surface area contributed by atoms with E-state index < -0.39 is 39.9 Å². The predicted molar refractivity (Wildman–Crippen MR) is 96.0 cm³/mol. The van der Waals surface area contributed by atoms with Crippen LogP contribution in [0.3, 0.4) is 0 Å². The minimum atomic E-state index is -4.30. The summed E-state index contributed by atoms with van der Waals surface area (Å²) >= 11 is 0. The number of amides is 1. The second-order valence-corrected chi connectivity index (χ2v) is 8.51. The third kappa shape index (κ3) is 3.03. The van der Waals surface area contributed by atoms with Crippen molar-refractivity contribution in [1.82, 2.24) is 14.7 Å². The number of aromatic hydroxyl groups is 1. The molecule has 0 radical (unpaired) electrons. The summed E-state index contributed by atoms with van der Waals surface area (Å²) < 4.78 is 41.3. The molecule has 0 spiro atoms. The van der Waals surface area contributed by atoms with Gasteiger partial charge >= 0.3 is 10.2 Å². The fraction of sp³-hybridized carbons (Fsp3) is 0.375. The van der Waals surface area contributed by atoms with Gasteiger partial charge in [0.05, 0.1) is 6.07 Å². The monoisotopic (exact) mass is 406 g/mol. The van der Waals surface area contributed by atoms with Gasteiger partial charge < -0.3 is 10.4 Å². The molecule has 28 heavy (non-hydrogen) atoms. The molecule has 4 rings (SSSR count). The van der Waals surface area contributed by atoms with Crippen molar-refractivity contribution in [3.63, 3.8) is 0 Å². The van der Waals surface area contributed by atoms with E-state index >= 15 is 4.39 Å². The molecule has 146 valence electrons. The molecule has 2 fully saturated rings. The Bertz CT molecular complexity index is 1140. The molecule has 12 heteroatoms. The quantitative estimate of drug-likeness (QED) is 0.659. The molecule has 2 heterocycles. The molecule has 1 amide bonds. The maximum Gasteiger partial charge on any atom is 0.326 e. The maximum absolute atomic E-state index is 15.1. The summed E-state index contributed by atoms with van der Waals surface area (Å²) in [6.07, 6.45) is 3.50. The van der Waals surface area contributed by atoms with Crippen molar-refractivity contribution in [3.05, 3.63) is 18.1 Å². The highest BCUT2D eigenvalue weighted by atomic mass is 32.2. The lowest BCUT2D eigenvalue weighted by molar-refractivity contribution is -0.117. The van der Waals surface area contributed by atoms with E-state index in [2.05, 4.69) is 21.4 Å². The van der Waals surface area contributed by atoms with Crippen molar-refractivity contribution in [2.24, 2.45) is 5.41 Å². The number of fused-ring (bicyclic) bond motifs is 1. The second-order valence-electron chi connectivity index (χ2n) is 6.92. The van der Waals surface area contributed by atoms with Crippen molar-refractivity contribution in [2.75, 3.05) is 22.7 Å². The number of carbonyl (C=O) groups excluding carboxylic acids is 1. The molecule has 1 aromatic carbocycles. The van der Waals surface area contributed by atoms with Crippen LogP contribution in [-0.4, -0.2) is 42.5 Å². The highest BCUT2D eigenvalue weighted by Gasteiger charge is 2.42. The summed E-state index contributed by atoms with van der Waals surface area (Å²) in [5.41, 5.74) is -0.981. The summed E-state index contributed by atoms with van der Waals surface area (Å²) in [5.74, 6) is -2.46. The van der Waals surface area contributed by atoms with Gasteiger partial charge in [0, 0.05) is 30.0 Å². The molecule has 1 aliphatic heterocycles. The zero-order valence-corrected chi connectivity index (χ0v) is 15.3. The molecule has 0 atom stereocenters. The van der Waals surface area contributed by atoms with Crippen molar-refractivity contribution >= 4 is 38.7 Å². The number of phenolic OH excluding ortho intramolecular Hbond substituents is 1. The minimum absolute atomic E-state index is 0.116. The summed E-state index contributed by atoms with van der Waals surface area (Å²) in [6.45, 7) is -0.192. The number of hydrogen-bond donors (Lipinski definition) is 3. The number of aromatic nitrogens is 2. The van der Waals surface area contributed by atoms with Gasteiger partial charge in [-0.1, -0.05) is 0 Å². The Morgan fingerprint density at radius 1 is 1.46 bits per heavy atom. The summed E-state index contributed by atoms with van der Waals surface area (Å²) in [4.78, 5) is 19.6. The third-order valence-corrected chi connectivity index (χ3v) is 6.25. The predicted octanol–water partition coefficient (Wildman–Crippen LogP) is 0.761. The zero-order chi connectivity index (χ0) is 20.1. The smallest absolute Gasteiger partial charge is 0.326 e. The Hall–Kier alpha value is -3.20. The van der Waals surface area contributed by atoms with Crippen LogP contribution < -0.4 is 14.3 Å². The van der Waals surface area contributed by atoms with Gasteiger partial charge in [-0.05, 0) is 18.9 Å². The fourth-order valence-electron chi connectivity index (χ4n) is 3.11. The largest absolute Gasteiger partial charge is 0.506 e. The number of hydrogen-bond acceptors (Lipinski definition) is 8. The summed E-state index contributed by atoms with van der Waals surface area (Å²) in [7, 11) is -4.30. The van der Waals surface area contributed by atoms with Gasteiger partial charge in [-0.25, -0.2) is 23.4 Å². The van der Waals surface area contributed by atoms with Crippen LogP contribution in [0.5, 0.6) is 5.75 Å². The minimum Gasteiger partial charge on any atom is -0.506 e. The fourth-order valence-corrected chi connectivity index (χ4v) is 4.27. The van der Waals surface area contributed by atoms with E-state index in [-0.39, 0.29) is 22.3 Å². The number of nitrogens with zero attached hydrogens (tertiary/aromatic N) is 4. The number of anilines is 2. The first-order chi connectivity index (χ1) is 13.2. The normalized spacial score (nSPS) is 19.3. The van der Waals surface area contributed by atoms with Gasteiger partial charge in [0.15, 0.2) is 5.82 Å². The van der Waals surface area contributed by atoms with E-state index in [1.54, 1.807) is 4.72 Å². The first-order valence-corrected chi connectivity index (χ1v) is 9.81. The molecule has 2 aliphatic rings. The van der Waals surface area contributed by atoms with E-state index in [0.29, 0.717) is 17.3 Å². The van der Waals surface area contributed by atoms with Crippen molar-refractivity contribution < 1.29 is 22.7 Å². The Morgan fingerprint density at radius 3 is 2.82 bits per heavy atom. The highest BCUT2D eigenvalue weighted by Crippen LogP contribution is 2.48. The summed E-state index contributed by atoms with van der Waals surface area (Å²) in [6, 6.07) is 3.27. The Morgan fingerprint density at radius 2 is 2.21 bits per heavy atom. The van der Waals surface area contributed by atoms with Crippen LogP contribution in [-0.2, 0) is 15.0 Å². The number of nitriles is 1. The van der Waals surface area contributed by atoms with Gasteiger partial charge in [0.1, 0.15) is 23.5 Å². The van der Waals surface area contributed by atoms with Crippen LogP contribution in [0.1, 0.15) is 19.3 Å². The molecule has 3 N–H and O–H groups in total. The Labute approximate surface area is 159 Å². The van der Waals surface area contributed by atoms with Crippen molar-refractivity contribution in [1.29, 1.82) is 5.26 Å². The molecule has 1 saturated heterocycles. The highest BCUT2D eigenvalue weighted by molar-refractivity contribution is 7.92. The molecule has 0 bridgehead atoms. The van der Waals surface area contributed by atoms with E-state index in [0.717, 1.165) is 18.9 Å². The molecule has 1 saturated carbocycles. The summed E-state index contributed by atoms with van der Waals surface area (Å²) in [5, 5.41) is 22.1. The van der Waals surface area contributed by atoms with Crippen molar-refractivity contribution in [3.8, 4) is 11.8 Å². The lowest BCUT2D eigenvalue weighted by Crippen LogP contribution is -2.30. The second kappa shape index (κ2) is 6.16. The van der Waals surface area contributed by atoms with Gasteiger partial charge in [0.25, 0.3) is 5.91 Å². The zero-order valence-electron chi connectivity index (χ0n) is 14.4. The number of carbonyl (C=O) groups is 1. The lowest BCUT2D eigenvalue weighted by atomic mass is 10.0. The van der Waals surface area contributed by atoms with Crippen LogP contribution >= 0.6 is 0 Å². The van der Waals surface area contributed by atoms with Gasteiger partial charge in [-0.3, -0.25) is 4.79 Å². The molecule has 1 aliphatic carbocycles. The van der Waals surface area contributed by atoms with Gasteiger partial charge in [0.2, 0.25) is 5.95 Å². The lowest BCUT2D eigenvalue weighted by Gasteiger charge is -2.18. The maximum atomic E-state index is 15.1. The molecule has 2 aromatic rings.